The van der Waals surface area contributed by atoms with Gasteiger partial charge in [-0.2, -0.15) is 0 Å². The number of methoxy groups -OCH3 is 1. The summed E-state index contributed by atoms with van der Waals surface area (Å²) in [4.78, 5) is 24.2. The number of aromatic nitrogens is 4. The zero-order valence-corrected chi connectivity index (χ0v) is 16.3. The molecule has 0 bridgehead atoms. The molecule has 7 nitrogen and oxygen atoms in total. The van der Waals surface area contributed by atoms with Crippen molar-refractivity contribution in [2.45, 2.75) is 13.5 Å². The third kappa shape index (κ3) is 3.38. The Kier molecular flexibility index (Phi) is 4.78. The van der Waals surface area contributed by atoms with Crippen molar-refractivity contribution in [3.63, 3.8) is 0 Å². The average Bonchev–Trinajstić information content (AvgIpc) is 3.32. The maximum Gasteiger partial charge on any atom is 0.274 e. The Morgan fingerprint density at radius 1 is 1.26 bits per heavy atom. The van der Waals surface area contributed by atoms with Gasteiger partial charge in [-0.05, 0) is 42.2 Å². The Balaban J connectivity index is 1.80. The monoisotopic (exact) mass is 397 g/mol. The standard InChI is InChI=1S/C18H15N5O2S2/c1-11-16(27-22-21-11)17(24)23(10-12-5-4-8-19-9-12)18-20-15-13(25-2)6-3-7-14(15)26-18/h3-9H,10H2,1-2H3. The molecule has 136 valence electrons. The predicted molar refractivity (Wildman–Crippen MR) is 106 cm³/mol. The van der Waals surface area contributed by atoms with Gasteiger partial charge in [0.2, 0.25) is 0 Å². The Hall–Kier alpha value is -2.91. The molecule has 0 unspecified atom stereocenters. The van der Waals surface area contributed by atoms with E-state index in [1.807, 2.05) is 30.3 Å². The summed E-state index contributed by atoms with van der Waals surface area (Å²) >= 11 is 2.53. The van der Waals surface area contributed by atoms with E-state index >= 15 is 0 Å². The number of aryl methyl sites for hydroxylation is 1. The van der Waals surface area contributed by atoms with E-state index in [2.05, 4.69) is 19.6 Å². The third-order valence-corrected chi connectivity index (χ3v) is 5.84. The summed E-state index contributed by atoms with van der Waals surface area (Å²) in [7, 11) is 1.61. The fourth-order valence-electron chi connectivity index (χ4n) is 2.64. The van der Waals surface area contributed by atoms with E-state index in [0.717, 1.165) is 27.3 Å². The highest BCUT2D eigenvalue weighted by Crippen LogP contribution is 2.35. The van der Waals surface area contributed by atoms with Crippen LogP contribution in [0.5, 0.6) is 5.75 Å². The Bertz CT molecular complexity index is 1090. The topological polar surface area (TPSA) is 81.1 Å². The predicted octanol–water partition coefficient (Wildman–Crippen LogP) is 3.71. The lowest BCUT2D eigenvalue weighted by Crippen LogP contribution is -2.30. The number of ether oxygens (including phenoxy) is 1. The van der Waals surface area contributed by atoms with Crippen LogP contribution in [-0.2, 0) is 6.54 Å². The number of para-hydroxylation sites is 1. The number of thiazole rings is 1. The molecule has 0 atom stereocenters. The van der Waals surface area contributed by atoms with Gasteiger partial charge in [0.05, 0.1) is 24.0 Å². The molecule has 0 aliphatic carbocycles. The molecule has 1 aromatic carbocycles. The van der Waals surface area contributed by atoms with E-state index in [-0.39, 0.29) is 5.91 Å². The first-order valence-corrected chi connectivity index (χ1v) is 9.69. The van der Waals surface area contributed by atoms with Crippen LogP contribution in [0.3, 0.4) is 0 Å². The van der Waals surface area contributed by atoms with E-state index in [1.165, 1.54) is 11.3 Å². The maximum absolute atomic E-state index is 13.2. The number of pyridine rings is 1. The second-order valence-corrected chi connectivity index (χ2v) is 7.51. The SMILES string of the molecule is COc1cccc2sc(N(Cc3cccnc3)C(=O)c3snnc3C)nc12. The first-order chi connectivity index (χ1) is 13.2. The summed E-state index contributed by atoms with van der Waals surface area (Å²) < 4.78 is 10.2. The largest absolute Gasteiger partial charge is 0.494 e. The second kappa shape index (κ2) is 7.37. The normalized spacial score (nSPS) is 10.9. The van der Waals surface area contributed by atoms with Crippen molar-refractivity contribution >= 4 is 44.1 Å². The summed E-state index contributed by atoms with van der Waals surface area (Å²) in [5.74, 6) is 0.504. The fourth-order valence-corrected chi connectivity index (χ4v) is 4.23. The van der Waals surface area contributed by atoms with E-state index in [1.54, 1.807) is 31.3 Å². The molecule has 0 radical (unpaired) electrons. The average molecular weight is 397 g/mol. The Labute approximate surface area is 163 Å². The van der Waals surface area contributed by atoms with Crippen LogP contribution in [0.4, 0.5) is 5.13 Å². The van der Waals surface area contributed by atoms with Crippen molar-refractivity contribution in [3.05, 3.63) is 58.9 Å². The van der Waals surface area contributed by atoms with Crippen molar-refractivity contribution in [1.82, 2.24) is 19.6 Å². The summed E-state index contributed by atoms with van der Waals surface area (Å²) in [5, 5.41) is 4.56. The van der Waals surface area contributed by atoms with E-state index < -0.39 is 0 Å². The van der Waals surface area contributed by atoms with Crippen molar-refractivity contribution < 1.29 is 9.53 Å². The van der Waals surface area contributed by atoms with E-state index in [4.69, 9.17) is 4.74 Å². The molecule has 0 aliphatic heterocycles. The molecule has 4 rings (SSSR count). The summed E-state index contributed by atoms with van der Waals surface area (Å²) in [5.41, 5.74) is 2.26. The minimum Gasteiger partial charge on any atom is -0.494 e. The molecule has 0 aliphatic rings. The van der Waals surface area contributed by atoms with Crippen molar-refractivity contribution in [1.29, 1.82) is 0 Å². The smallest absolute Gasteiger partial charge is 0.274 e. The molecule has 0 saturated heterocycles. The van der Waals surface area contributed by atoms with Crippen molar-refractivity contribution in [3.8, 4) is 5.75 Å². The number of hydrogen-bond donors (Lipinski definition) is 0. The van der Waals surface area contributed by atoms with Crippen LogP contribution in [0, 0.1) is 6.92 Å². The number of benzene rings is 1. The fraction of sp³-hybridized carbons (Fsp3) is 0.167. The molecule has 9 heteroatoms. The molecule has 1 amide bonds. The van der Waals surface area contributed by atoms with Crippen LogP contribution in [0.15, 0.2) is 42.7 Å². The number of rotatable bonds is 5. The van der Waals surface area contributed by atoms with Crippen LogP contribution >= 0.6 is 22.9 Å². The van der Waals surface area contributed by atoms with Crippen LogP contribution in [0.2, 0.25) is 0 Å². The molecule has 3 heterocycles. The van der Waals surface area contributed by atoms with E-state index in [0.29, 0.717) is 28.0 Å². The van der Waals surface area contributed by atoms with Gasteiger partial charge in [-0.15, -0.1) is 5.10 Å². The van der Waals surface area contributed by atoms with Gasteiger partial charge in [-0.25, -0.2) is 4.98 Å². The summed E-state index contributed by atoms with van der Waals surface area (Å²) in [6.07, 6.45) is 3.45. The zero-order valence-electron chi connectivity index (χ0n) is 14.6. The van der Waals surface area contributed by atoms with Gasteiger partial charge >= 0.3 is 0 Å². The van der Waals surface area contributed by atoms with Gasteiger partial charge in [0.15, 0.2) is 5.13 Å². The summed E-state index contributed by atoms with van der Waals surface area (Å²) in [6, 6.07) is 9.51. The van der Waals surface area contributed by atoms with Gasteiger partial charge < -0.3 is 4.74 Å². The van der Waals surface area contributed by atoms with Gasteiger partial charge in [0.1, 0.15) is 16.1 Å². The first-order valence-electron chi connectivity index (χ1n) is 8.10. The van der Waals surface area contributed by atoms with Crippen LogP contribution in [0.1, 0.15) is 20.9 Å². The number of hydrogen-bond acceptors (Lipinski definition) is 8. The van der Waals surface area contributed by atoms with Crippen LogP contribution in [0.25, 0.3) is 10.2 Å². The van der Waals surface area contributed by atoms with Crippen LogP contribution in [-0.4, -0.2) is 32.6 Å². The number of nitrogens with zero attached hydrogens (tertiary/aromatic N) is 5. The lowest BCUT2D eigenvalue weighted by Gasteiger charge is -2.19. The van der Waals surface area contributed by atoms with Gasteiger partial charge in [-0.1, -0.05) is 28.0 Å². The van der Waals surface area contributed by atoms with Crippen molar-refractivity contribution in [2.75, 3.05) is 12.0 Å². The first kappa shape index (κ1) is 17.5. The molecular weight excluding hydrogens is 382 g/mol. The molecule has 0 fully saturated rings. The minimum absolute atomic E-state index is 0.177. The lowest BCUT2D eigenvalue weighted by molar-refractivity contribution is 0.0988. The highest BCUT2D eigenvalue weighted by Gasteiger charge is 2.25. The molecule has 27 heavy (non-hydrogen) atoms. The Morgan fingerprint density at radius 3 is 2.85 bits per heavy atom. The number of carbonyl (C=O) groups is 1. The van der Waals surface area contributed by atoms with E-state index in [9.17, 15) is 4.79 Å². The summed E-state index contributed by atoms with van der Waals surface area (Å²) in [6.45, 7) is 2.13. The van der Waals surface area contributed by atoms with Gasteiger partial charge in [-0.3, -0.25) is 14.7 Å². The Morgan fingerprint density at radius 2 is 2.15 bits per heavy atom. The second-order valence-electron chi connectivity index (χ2n) is 5.74. The van der Waals surface area contributed by atoms with Gasteiger partial charge in [0, 0.05) is 12.4 Å². The number of amides is 1. The minimum atomic E-state index is -0.177. The van der Waals surface area contributed by atoms with Crippen molar-refractivity contribution in [2.24, 2.45) is 0 Å². The maximum atomic E-state index is 13.2. The molecular formula is C18H15N5O2S2. The van der Waals surface area contributed by atoms with Crippen LogP contribution < -0.4 is 9.64 Å². The molecule has 0 N–H and O–H groups in total. The van der Waals surface area contributed by atoms with Gasteiger partial charge in [0.25, 0.3) is 5.91 Å². The number of anilines is 1. The zero-order chi connectivity index (χ0) is 18.8. The lowest BCUT2D eigenvalue weighted by atomic mass is 10.2. The molecule has 4 aromatic rings. The number of fused-ring (bicyclic) bond motifs is 1. The highest BCUT2D eigenvalue weighted by atomic mass is 32.1. The number of carbonyl (C=O) groups excluding carboxylic acids is 1. The molecule has 0 spiro atoms. The third-order valence-electron chi connectivity index (χ3n) is 3.98. The molecule has 0 saturated carbocycles. The highest BCUT2D eigenvalue weighted by molar-refractivity contribution is 7.22. The molecule has 3 aromatic heterocycles. The quantitative estimate of drug-likeness (QED) is 0.511.